The van der Waals surface area contributed by atoms with Crippen LogP contribution >= 0.6 is 11.6 Å². The minimum Gasteiger partial charge on any atom is -0.487 e. The SMILES string of the molecule is CC(C)Oc1c(Cl)cccc1NC(=O)NC(C)c1ccc(C#N)cc1. The third-order valence-electron chi connectivity index (χ3n) is 3.46. The van der Waals surface area contributed by atoms with Gasteiger partial charge in [-0.2, -0.15) is 5.26 Å². The Balaban J connectivity index is 2.07. The quantitative estimate of drug-likeness (QED) is 0.800. The van der Waals surface area contributed by atoms with Crippen LogP contribution in [-0.4, -0.2) is 12.1 Å². The lowest BCUT2D eigenvalue weighted by molar-refractivity contribution is 0.241. The molecule has 0 bridgehead atoms. The molecule has 0 spiro atoms. The average Bonchev–Trinajstić information content (AvgIpc) is 2.57. The number of benzene rings is 2. The molecule has 2 N–H and O–H groups in total. The second kappa shape index (κ2) is 8.41. The van der Waals surface area contributed by atoms with Crippen molar-refractivity contribution in [1.82, 2.24) is 5.32 Å². The van der Waals surface area contributed by atoms with Gasteiger partial charge in [0.1, 0.15) is 0 Å². The molecule has 0 radical (unpaired) electrons. The van der Waals surface area contributed by atoms with E-state index in [-0.39, 0.29) is 18.2 Å². The summed E-state index contributed by atoms with van der Waals surface area (Å²) >= 11 is 6.16. The number of ether oxygens (including phenoxy) is 1. The van der Waals surface area contributed by atoms with Crippen molar-refractivity contribution in [3.63, 3.8) is 0 Å². The van der Waals surface area contributed by atoms with Gasteiger partial charge in [-0.05, 0) is 50.6 Å². The number of anilines is 1. The van der Waals surface area contributed by atoms with Gasteiger partial charge in [0.05, 0.1) is 34.5 Å². The third kappa shape index (κ3) is 5.13. The van der Waals surface area contributed by atoms with E-state index in [0.717, 1.165) is 5.56 Å². The van der Waals surface area contributed by atoms with Gasteiger partial charge in [0.25, 0.3) is 0 Å². The zero-order chi connectivity index (χ0) is 18.4. The summed E-state index contributed by atoms with van der Waals surface area (Å²) in [7, 11) is 0. The number of amides is 2. The number of hydrogen-bond donors (Lipinski definition) is 2. The van der Waals surface area contributed by atoms with Gasteiger partial charge in [-0.25, -0.2) is 4.79 Å². The van der Waals surface area contributed by atoms with E-state index in [0.29, 0.717) is 22.0 Å². The molecule has 2 amide bonds. The summed E-state index contributed by atoms with van der Waals surface area (Å²) in [6.45, 7) is 5.64. The van der Waals surface area contributed by atoms with Crippen LogP contribution in [0.1, 0.15) is 37.9 Å². The summed E-state index contributed by atoms with van der Waals surface area (Å²) in [5.41, 5.74) is 1.99. The Labute approximate surface area is 152 Å². The fraction of sp³-hybridized carbons (Fsp3) is 0.263. The fourth-order valence-electron chi connectivity index (χ4n) is 2.25. The van der Waals surface area contributed by atoms with Crippen LogP contribution in [0.5, 0.6) is 5.75 Å². The lowest BCUT2D eigenvalue weighted by atomic mass is 10.1. The largest absolute Gasteiger partial charge is 0.487 e. The first-order valence-electron chi connectivity index (χ1n) is 7.93. The molecule has 25 heavy (non-hydrogen) atoms. The number of rotatable bonds is 5. The molecule has 0 aliphatic carbocycles. The number of hydrogen-bond acceptors (Lipinski definition) is 3. The molecule has 6 heteroatoms. The van der Waals surface area contributed by atoms with E-state index in [1.54, 1.807) is 30.3 Å². The summed E-state index contributed by atoms with van der Waals surface area (Å²) < 4.78 is 5.69. The molecule has 5 nitrogen and oxygen atoms in total. The zero-order valence-corrected chi connectivity index (χ0v) is 15.1. The maximum absolute atomic E-state index is 12.3. The monoisotopic (exact) mass is 357 g/mol. The standard InChI is InChI=1S/C19H20ClN3O2/c1-12(2)25-18-16(20)5-4-6-17(18)23-19(24)22-13(3)15-9-7-14(11-21)8-10-15/h4-10,12-13H,1-3H3,(H2,22,23,24). The first kappa shape index (κ1) is 18.6. The van der Waals surface area contributed by atoms with Gasteiger partial charge in [0, 0.05) is 0 Å². The predicted molar refractivity (Wildman–Crippen MR) is 98.9 cm³/mol. The summed E-state index contributed by atoms with van der Waals surface area (Å²) in [5.74, 6) is 0.445. The van der Waals surface area contributed by atoms with Crippen molar-refractivity contribution >= 4 is 23.3 Å². The highest BCUT2D eigenvalue weighted by molar-refractivity contribution is 6.32. The summed E-state index contributed by atoms with van der Waals surface area (Å²) in [6, 6.07) is 13.7. The number of nitrogens with one attached hydrogen (secondary N) is 2. The molecule has 0 aliphatic rings. The number of halogens is 1. The molecule has 0 heterocycles. The molecule has 0 aromatic heterocycles. The second-order valence-corrected chi connectivity index (χ2v) is 6.24. The molecular weight excluding hydrogens is 338 g/mol. The van der Waals surface area contributed by atoms with Crippen LogP contribution in [0.4, 0.5) is 10.5 Å². The molecule has 130 valence electrons. The first-order chi connectivity index (χ1) is 11.9. The van der Waals surface area contributed by atoms with Crippen molar-refractivity contribution in [1.29, 1.82) is 5.26 Å². The minimum atomic E-state index is -0.368. The minimum absolute atomic E-state index is 0.0684. The van der Waals surface area contributed by atoms with Crippen LogP contribution in [-0.2, 0) is 0 Å². The van der Waals surface area contributed by atoms with Crippen molar-refractivity contribution in [2.45, 2.75) is 32.9 Å². The van der Waals surface area contributed by atoms with Gasteiger partial charge in [-0.1, -0.05) is 29.8 Å². The lowest BCUT2D eigenvalue weighted by Crippen LogP contribution is -2.31. The first-order valence-corrected chi connectivity index (χ1v) is 8.31. The van der Waals surface area contributed by atoms with Crippen molar-refractivity contribution in [3.8, 4) is 11.8 Å². The van der Waals surface area contributed by atoms with Gasteiger partial charge in [0.15, 0.2) is 5.75 Å². The summed E-state index contributed by atoms with van der Waals surface area (Å²) in [5, 5.41) is 14.9. The zero-order valence-electron chi connectivity index (χ0n) is 14.3. The van der Waals surface area contributed by atoms with Crippen LogP contribution in [0, 0.1) is 11.3 Å². The van der Waals surface area contributed by atoms with Crippen LogP contribution < -0.4 is 15.4 Å². The van der Waals surface area contributed by atoms with Gasteiger partial charge >= 0.3 is 6.03 Å². The van der Waals surface area contributed by atoms with Crippen LogP contribution in [0.3, 0.4) is 0 Å². The van der Waals surface area contributed by atoms with E-state index in [4.69, 9.17) is 21.6 Å². The van der Waals surface area contributed by atoms with E-state index >= 15 is 0 Å². The van der Waals surface area contributed by atoms with Crippen molar-refractivity contribution < 1.29 is 9.53 Å². The highest BCUT2D eigenvalue weighted by atomic mass is 35.5. The summed E-state index contributed by atoms with van der Waals surface area (Å²) in [6.07, 6.45) is -0.0684. The van der Waals surface area contributed by atoms with E-state index in [1.165, 1.54) is 0 Å². The topological polar surface area (TPSA) is 74.2 Å². The normalized spacial score (nSPS) is 11.5. The van der Waals surface area contributed by atoms with E-state index < -0.39 is 0 Å². The van der Waals surface area contributed by atoms with E-state index in [9.17, 15) is 4.79 Å². The maximum atomic E-state index is 12.3. The number of nitriles is 1. The Kier molecular flexibility index (Phi) is 6.26. The molecular formula is C19H20ClN3O2. The fourth-order valence-corrected chi connectivity index (χ4v) is 2.47. The number of urea groups is 1. The molecule has 1 atom stereocenters. The lowest BCUT2D eigenvalue weighted by Gasteiger charge is -2.18. The highest BCUT2D eigenvalue weighted by Gasteiger charge is 2.14. The van der Waals surface area contributed by atoms with Gasteiger partial charge in [-0.15, -0.1) is 0 Å². The molecule has 0 saturated carbocycles. The Morgan fingerprint density at radius 3 is 2.44 bits per heavy atom. The maximum Gasteiger partial charge on any atom is 0.319 e. The van der Waals surface area contributed by atoms with Gasteiger partial charge in [-0.3, -0.25) is 0 Å². The van der Waals surface area contributed by atoms with Crippen LogP contribution in [0.2, 0.25) is 5.02 Å². The average molecular weight is 358 g/mol. The Bertz CT molecular complexity index is 782. The third-order valence-corrected chi connectivity index (χ3v) is 3.75. The second-order valence-electron chi connectivity index (χ2n) is 5.84. The van der Waals surface area contributed by atoms with E-state index in [2.05, 4.69) is 16.7 Å². The molecule has 2 aromatic carbocycles. The molecule has 0 aliphatic heterocycles. The number of para-hydroxylation sites is 1. The van der Waals surface area contributed by atoms with Crippen molar-refractivity contribution in [2.24, 2.45) is 0 Å². The predicted octanol–water partition coefficient (Wildman–Crippen LogP) is 4.88. The van der Waals surface area contributed by atoms with Gasteiger partial charge < -0.3 is 15.4 Å². The van der Waals surface area contributed by atoms with Crippen LogP contribution in [0.15, 0.2) is 42.5 Å². The molecule has 0 fully saturated rings. The van der Waals surface area contributed by atoms with Crippen LogP contribution in [0.25, 0.3) is 0 Å². The molecule has 1 unspecified atom stereocenters. The number of carbonyl (C=O) groups is 1. The Morgan fingerprint density at radius 1 is 1.16 bits per heavy atom. The van der Waals surface area contributed by atoms with Crippen molar-refractivity contribution in [3.05, 3.63) is 58.6 Å². The van der Waals surface area contributed by atoms with Crippen molar-refractivity contribution in [2.75, 3.05) is 5.32 Å². The summed E-state index contributed by atoms with van der Waals surface area (Å²) in [4.78, 5) is 12.3. The molecule has 2 rings (SSSR count). The van der Waals surface area contributed by atoms with Gasteiger partial charge in [0.2, 0.25) is 0 Å². The Hall–Kier alpha value is -2.71. The smallest absolute Gasteiger partial charge is 0.319 e. The van der Waals surface area contributed by atoms with E-state index in [1.807, 2.05) is 32.9 Å². The number of nitrogens with zero attached hydrogens (tertiary/aromatic N) is 1. The number of carbonyl (C=O) groups excluding carboxylic acids is 1. The molecule has 0 saturated heterocycles. The molecule has 2 aromatic rings. The highest BCUT2D eigenvalue weighted by Crippen LogP contribution is 2.33. The Morgan fingerprint density at radius 2 is 1.84 bits per heavy atom.